The molecule has 2 aromatic carbocycles. The van der Waals surface area contributed by atoms with Crippen LogP contribution in [0.3, 0.4) is 0 Å². The molecule has 4 rings (SSSR count). The first-order valence-electron chi connectivity index (χ1n) is 9.05. The molecular formula is C22H17N3O4S. The highest BCUT2D eigenvalue weighted by Crippen LogP contribution is 2.28. The van der Waals surface area contributed by atoms with Gasteiger partial charge in [0, 0.05) is 11.9 Å². The number of aromatic hydroxyl groups is 1. The number of phenols is 1. The number of amides is 1. The molecular weight excluding hydrogens is 402 g/mol. The van der Waals surface area contributed by atoms with Gasteiger partial charge in [0.2, 0.25) is 0 Å². The zero-order valence-electron chi connectivity index (χ0n) is 15.7. The van der Waals surface area contributed by atoms with E-state index in [9.17, 15) is 14.7 Å². The van der Waals surface area contributed by atoms with E-state index in [1.54, 1.807) is 23.0 Å². The van der Waals surface area contributed by atoms with Crippen molar-refractivity contribution in [2.45, 2.75) is 0 Å². The fraction of sp³-hybridized carbons (Fsp3) is 0.0455. The number of thiophene rings is 1. The van der Waals surface area contributed by atoms with Crippen LogP contribution in [0.2, 0.25) is 0 Å². The normalized spacial score (nSPS) is 10.5. The van der Waals surface area contributed by atoms with E-state index in [1.165, 1.54) is 23.5 Å². The third-order valence-corrected chi connectivity index (χ3v) is 5.07. The van der Waals surface area contributed by atoms with Crippen LogP contribution >= 0.6 is 11.3 Å². The summed E-state index contributed by atoms with van der Waals surface area (Å²) >= 11 is 1.46. The Hall–Kier alpha value is -3.91. The summed E-state index contributed by atoms with van der Waals surface area (Å²) < 4.78 is 6.84. The summed E-state index contributed by atoms with van der Waals surface area (Å²) in [6, 6.07) is 19.2. The van der Waals surface area contributed by atoms with Crippen LogP contribution in [0.1, 0.15) is 10.4 Å². The summed E-state index contributed by atoms with van der Waals surface area (Å²) in [6.07, 6.45) is 1.60. The van der Waals surface area contributed by atoms with Gasteiger partial charge in [-0.3, -0.25) is 4.79 Å². The van der Waals surface area contributed by atoms with Crippen molar-refractivity contribution < 1.29 is 19.4 Å². The largest absolute Gasteiger partial charge is 0.508 e. The number of nitrogens with zero attached hydrogens (tertiary/aromatic N) is 2. The number of anilines is 1. The van der Waals surface area contributed by atoms with Gasteiger partial charge in [0.05, 0.1) is 10.6 Å². The highest BCUT2D eigenvalue weighted by Gasteiger charge is 2.21. The maximum Gasteiger partial charge on any atom is 0.342 e. The third kappa shape index (κ3) is 4.39. The first kappa shape index (κ1) is 19.4. The molecule has 0 bridgehead atoms. The van der Waals surface area contributed by atoms with E-state index in [4.69, 9.17) is 4.74 Å². The molecule has 2 N–H and O–H groups in total. The van der Waals surface area contributed by atoms with Crippen LogP contribution in [0, 0.1) is 0 Å². The van der Waals surface area contributed by atoms with Gasteiger partial charge in [-0.25, -0.2) is 9.48 Å². The van der Waals surface area contributed by atoms with Gasteiger partial charge in [0.1, 0.15) is 17.0 Å². The molecule has 0 atom stereocenters. The van der Waals surface area contributed by atoms with E-state index in [0.717, 1.165) is 10.6 Å². The van der Waals surface area contributed by atoms with E-state index < -0.39 is 18.5 Å². The lowest BCUT2D eigenvalue weighted by Crippen LogP contribution is -2.21. The number of hydrogen-bond acceptors (Lipinski definition) is 6. The molecule has 0 spiro atoms. The molecule has 0 aliphatic rings. The number of ether oxygens (including phenoxy) is 1. The highest BCUT2D eigenvalue weighted by molar-refractivity contribution is 7.13. The number of carbonyl (C=O) groups excluding carboxylic acids is 2. The maximum absolute atomic E-state index is 12.7. The third-order valence-electron chi connectivity index (χ3n) is 4.19. The van der Waals surface area contributed by atoms with Gasteiger partial charge in [-0.15, -0.1) is 11.3 Å². The first-order chi connectivity index (χ1) is 14.6. The first-order valence-corrected chi connectivity index (χ1v) is 9.93. The number of rotatable bonds is 6. The van der Waals surface area contributed by atoms with E-state index in [1.807, 2.05) is 47.8 Å². The molecule has 0 saturated heterocycles. The average Bonchev–Trinajstić information content (AvgIpc) is 3.44. The zero-order valence-corrected chi connectivity index (χ0v) is 16.5. The predicted octanol–water partition coefficient (Wildman–Crippen LogP) is 4.10. The van der Waals surface area contributed by atoms with Gasteiger partial charge in [-0.2, -0.15) is 5.10 Å². The molecule has 0 radical (unpaired) electrons. The van der Waals surface area contributed by atoms with Crippen LogP contribution in [0.25, 0.3) is 16.3 Å². The SMILES string of the molecule is O=C(COC(=O)c1cn(-c2ccccc2)nc1-c1cccs1)Nc1ccc(O)cc1. The summed E-state index contributed by atoms with van der Waals surface area (Å²) in [7, 11) is 0. The summed E-state index contributed by atoms with van der Waals surface area (Å²) in [4.78, 5) is 25.7. The van der Waals surface area contributed by atoms with Crippen molar-refractivity contribution in [2.24, 2.45) is 0 Å². The summed E-state index contributed by atoms with van der Waals surface area (Å²) in [5, 5.41) is 18.3. The Morgan fingerprint density at radius 3 is 2.50 bits per heavy atom. The topological polar surface area (TPSA) is 93.5 Å². The summed E-state index contributed by atoms with van der Waals surface area (Å²) in [6.45, 7) is -0.444. The lowest BCUT2D eigenvalue weighted by Gasteiger charge is -2.06. The standard InChI is InChI=1S/C22H17N3O4S/c26-17-10-8-15(9-11-17)23-20(27)14-29-22(28)18-13-25(16-5-2-1-3-6-16)24-21(18)19-7-4-12-30-19/h1-13,26H,14H2,(H,23,27). The minimum absolute atomic E-state index is 0.0935. The van der Waals surface area contributed by atoms with Crippen LogP contribution in [0.4, 0.5) is 5.69 Å². The van der Waals surface area contributed by atoms with Crippen LogP contribution in [0.15, 0.2) is 78.3 Å². The van der Waals surface area contributed by atoms with Crippen molar-refractivity contribution in [1.82, 2.24) is 9.78 Å². The molecule has 0 aliphatic carbocycles. The van der Waals surface area contributed by atoms with Crippen LogP contribution < -0.4 is 5.32 Å². The number of aromatic nitrogens is 2. The second-order valence-electron chi connectivity index (χ2n) is 6.32. The minimum Gasteiger partial charge on any atom is -0.508 e. The van der Waals surface area contributed by atoms with Crippen molar-refractivity contribution in [3.05, 3.63) is 83.9 Å². The summed E-state index contributed by atoms with van der Waals surface area (Å²) in [5.74, 6) is -1.03. The van der Waals surface area contributed by atoms with Gasteiger partial charge in [0.25, 0.3) is 5.91 Å². The Labute approximate surface area is 176 Å². The Morgan fingerprint density at radius 2 is 1.80 bits per heavy atom. The van der Waals surface area contributed by atoms with Crippen molar-refractivity contribution in [3.8, 4) is 22.0 Å². The van der Waals surface area contributed by atoms with Gasteiger partial charge in [0.15, 0.2) is 6.61 Å². The van der Waals surface area contributed by atoms with Crippen molar-refractivity contribution >= 4 is 28.9 Å². The number of phenolic OH excluding ortho intramolecular Hbond substituents is 1. The number of benzene rings is 2. The number of para-hydroxylation sites is 1. The fourth-order valence-corrected chi connectivity index (χ4v) is 3.51. The quantitative estimate of drug-likeness (QED) is 0.363. The van der Waals surface area contributed by atoms with Gasteiger partial charge < -0.3 is 15.2 Å². The molecule has 0 unspecified atom stereocenters. The minimum atomic E-state index is -0.638. The summed E-state index contributed by atoms with van der Waals surface area (Å²) in [5.41, 5.74) is 2.07. The van der Waals surface area contributed by atoms with E-state index in [-0.39, 0.29) is 11.3 Å². The van der Waals surface area contributed by atoms with Gasteiger partial charge >= 0.3 is 5.97 Å². The highest BCUT2D eigenvalue weighted by atomic mass is 32.1. The molecule has 0 fully saturated rings. The Morgan fingerprint density at radius 1 is 1.03 bits per heavy atom. The second-order valence-corrected chi connectivity index (χ2v) is 7.27. The van der Waals surface area contributed by atoms with E-state index >= 15 is 0 Å². The van der Waals surface area contributed by atoms with E-state index in [0.29, 0.717) is 11.4 Å². The van der Waals surface area contributed by atoms with E-state index in [2.05, 4.69) is 10.4 Å². The number of hydrogen-bond donors (Lipinski definition) is 2. The molecule has 4 aromatic rings. The molecule has 0 aliphatic heterocycles. The zero-order chi connectivity index (χ0) is 20.9. The molecule has 7 nitrogen and oxygen atoms in total. The second kappa shape index (κ2) is 8.62. The molecule has 0 saturated carbocycles. The number of carbonyl (C=O) groups is 2. The molecule has 8 heteroatoms. The Kier molecular flexibility index (Phi) is 5.58. The number of esters is 1. The van der Waals surface area contributed by atoms with Crippen LogP contribution in [-0.2, 0) is 9.53 Å². The molecule has 2 aromatic heterocycles. The molecule has 30 heavy (non-hydrogen) atoms. The Bertz CT molecular complexity index is 1150. The Balaban J connectivity index is 1.50. The average molecular weight is 419 g/mol. The van der Waals surface area contributed by atoms with Crippen LogP contribution in [0.5, 0.6) is 5.75 Å². The van der Waals surface area contributed by atoms with Gasteiger partial charge in [-0.05, 0) is 47.8 Å². The van der Waals surface area contributed by atoms with Crippen molar-refractivity contribution in [2.75, 3.05) is 11.9 Å². The number of nitrogens with one attached hydrogen (secondary N) is 1. The van der Waals surface area contributed by atoms with Crippen LogP contribution in [-0.4, -0.2) is 33.4 Å². The fourth-order valence-electron chi connectivity index (χ4n) is 2.78. The van der Waals surface area contributed by atoms with Crippen molar-refractivity contribution in [3.63, 3.8) is 0 Å². The molecule has 2 heterocycles. The van der Waals surface area contributed by atoms with Gasteiger partial charge in [-0.1, -0.05) is 24.3 Å². The smallest absolute Gasteiger partial charge is 0.342 e. The molecule has 150 valence electrons. The van der Waals surface area contributed by atoms with Crippen molar-refractivity contribution in [1.29, 1.82) is 0 Å². The predicted molar refractivity (Wildman–Crippen MR) is 114 cm³/mol. The monoisotopic (exact) mass is 419 g/mol. The molecule has 1 amide bonds. The lowest BCUT2D eigenvalue weighted by atomic mass is 10.2. The lowest BCUT2D eigenvalue weighted by molar-refractivity contribution is -0.119. The maximum atomic E-state index is 12.7.